The minimum atomic E-state index is 0.00185. The number of hydrogen-bond donors (Lipinski definition) is 1. The first kappa shape index (κ1) is 17.0. The van der Waals surface area contributed by atoms with Crippen LogP contribution >= 0.6 is 0 Å². The standard InChI is InChI=1S/C20H30N4O/c25-20(19-16-23-10-5-11-24(19)13-12-23)21-18-7-4-6-17(14-18)15-22-8-2-1-3-9-22/h4,6-7,14,19H,1-3,5,8-13,15-16H2,(H,21,25)/t19-/m0/s1. The number of carbonyl (C=O) groups excluding carboxylic acids is 1. The van der Waals surface area contributed by atoms with Gasteiger partial charge in [-0.1, -0.05) is 18.6 Å². The average molecular weight is 342 g/mol. The molecule has 1 aromatic rings. The minimum absolute atomic E-state index is 0.00185. The molecule has 0 aliphatic carbocycles. The summed E-state index contributed by atoms with van der Waals surface area (Å²) in [5.41, 5.74) is 2.24. The van der Waals surface area contributed by atoms with Crippen LogP contribution in [-0.4, -0.2) is 72.5 Å². The van der Waals surface area contributed by atoms with Crippen LogP contribution in [0.4, 0.5) is 5.69 Å². The van der Waals surface area contributed by atoms with E-state index in [0.29, 0.717) is 0 Å². The second kappa shape index (κ2) is 7.85. The van der Waals surface area contributed by atoms with Gasteiger partial charge in [-0.05, 0) is 56.6 Å². The zero-order valence-electron chi connectivity index (χ0n) is 15.1. The smallest absolute Gasteiger partial charge is 0.243 e. The van der Waals surface area contributed by atoms with Crippen molar-refractivity contribution >= 4 is 11.6 Å². The largest absolute Gasteiger partial charge is 0.325 e. The maximum atomic E-state index is 12.8. The van der Waals surface area contributed by atoms with E-state index in [9.17, 15) is 4.79 Å². The maximum absolute atomic E-state index is 12.8. The molecule has 2 unspecified atom stereocenters. The molecule has 1 aromatic carbocycles. The molecule has 4 aliphatic heterocycles. The number of piperidine rings is 1. The lowest BCUT2D eigenvalue weighted by Crippen LogP contribution is -2.55. The number of anilines is 1. The van der Waals surface area contributed by atoms with Crippen LogP contribution in [0, 0.1) is 0 Å². The van der Waals surface area contributed by atoms with Gasteiger partial charge in [0.15, 0.2) is 0 Å². The number of hydrogen-bond acceptors (Lipinski definition) is 4. The van der Waals surface area contributed by atoms with Crippen LogP contribution in [0.2, 0.25) is 0 Å². The molecule has 4 saturated heterocycles. The summed E-state index contributed by atoms with van der Waals surface area (Å²) in [6.45, 7) is 8.57. The molecule has 136 valence electrons. The van der Waals surface area contributed by atoms with Crippen LogP contribution in [0.25, 0.3) is 0 Å². The Morgan fingerprint density at radius 1 is 1.00 bits per heavy atom. The Morgan fingerprint density at radius 2 is 1.88 bits per heavy atom. The highest BCUT2D eigenvalue weighted by molar-refractivity contribution is 5.95. The van der Waals surface area contributed by atoms with Crippen LogP contribution in [0.5, 0.6) is 0 Å². The molecule has 25 heavy (non-hydrogen) atoms. The van der Waals surface area contributed by atoms with Crippen molar-refractivity contribution in [1.29, 1.82) is 0 Å². The Hall–Kier alpha value is -1.43. The summed E-state index contributed by atoms with van der Waals surface area (Å²) in [6.07, 6.45) is 5.16. The fourth-order valence-corrected chi connectivity index (χ4v) is 4.44. The van der Waals surface area contributed by atoms with Gasteiger partial charge in [-0.2, -0.15) is 0 Å². The van der Waals surface area contributed by atoms with Crippen LogP contribution in [0.15, 0.2) is 24.3 Å². The van der Waals surface area contributed by atoms with Crippen LogP contribution in [0.3, 0.4) is 0 Å². The summed E-state index contributed by atoms with van der Waals surface area (Å²) >= 11 is 0. The molecule has 3 atom stereocenters. The highest BCUT2D eigenvalue weighted by Gasteiger charge is 2.34. The number of rotatable bonds is 4. The van der Waals surface area contributed by atoms with E-state index in [-0.39, 0.29) is 11.9 Å². The molecular weight excluding hydrogens is 312 g/mol. The van der Waals surface area contributed by atoms with Crippen LogP contribution < -0.4 is 5.32 Å². The first-order chi connectivity index (χ1) is 12.3. The Morgan fingerprint density at radius 3 is 2.76 bits per heavy atom. The highest BCUT2D eigenvalue weighted by Crippen LogP contribution is 2.19. The van der Waals surface area contributed by atoms with Gasteiger partial charge in [-0.15, -0.1) is 0 Å². The van der Waals surface area contributed by atoms with E-state index >= 15 is 0 Å². The van der Waals surface area contributed by atoms with Crippen LogP contribution in [0.1, 0.15) is 31.2 Å². The van der Waals surface area contributed by atoms with E-state index in [1.165, 1.54) is 44.3 Å². The Kier molecular flexibility index (Phi) is 5.34. The number of benzene rings is 1. The van der Waals surface area contributed by atoms with Gasteiger partial charge in [0.05, 0.1) is 0 Å². The minimum Gasteiger partial charge on any atom is -0.325 e. The van der Waals surface area contributed by atoms with E-state index in [4.69, 9.17) is 0 Å². The van der Waals surface area contributed by atoms with E-state index in [1.54, 1.807) is 0 Å². The molecule has 4 fully saturated rings. The number of fused-ring (bicyclic) bond motifs is 4. The third kappa shape index (κ3) is 4.22. The van der Waals surface area contributed by atoms with Gasteiger partial charge in [-0.3, -0.25) is 19.5 Å². The predicted octanol–water partition coefficient (Wildman–Crippen LogP) is 2.00. The van der Waals surface area contributed by atoms with E-state index in [0.717, 1.165) is 45.0 Å². The fourth-order valence-electron chi connectivity index (χ4n) is 4.44. The number of amides is 1. The molecule has 0 saturated carbocycles. The van der Waals surface area contributed by atoms with Gasteiger partial charge >= 0.3 is 0 Å². The molecule has 2 bridgehead atoms. The third-order valence-corrected chi connectivity index (χ3v) is 5.85. The maximum Gasteiger partial charge on any atom is 0.243 e. The average Bonchev–Trinajstić information content (AvgIpc) is 2.99. The van der Waals surface area contributed by atoms with Gasteiger partial charge in [0.2, 0.25) is 5.91 Å². The molecule has 0 spiro atoms. The van der Waals surface area contributed by atoms with Crippen molar-refractivity contribution in [2.75, 3.05) is 51.1 Å². The van der Waals surface area contributed by atoms with Crippen molar-refractivity contribution in [3.05, 3.63) is 29.8 Å². The van der Waals surface area contributed by atoms with Crippen LogP contribution in [-0.2, 0) is 11.3 Å². The number of carbonyl (C=O) groups is 1. The van der Waals surface area contributed by atoms with Gasteiger partial charge in [0, 0.05) is 38.4 Å². The van der Waals surface area contributed by atoms with Crippen molar-refractivity contribution in [2.24, 2.45) is 0 Å². The first-order valence-electron chi connectivity index (χ1n) is 9.86. The second-order valence-electron chi connectivity index (χ2n) is 7.73. The number of nitrogens with zero attached hydrogens (tertiary/aromatic N) is 3. The van der Waals surface area contributed by atoms with Crippen molar-refractivity contribution in [1.82, 2.24) is 14.7 Å². The van der Waals surface area contributed by atoms with Crippen molar-refractivity contribution in [3.8, 4) is 0 Å². The second-order valence-corrected chi connectivity index (χ2v) is 7.73. The zero-order chi connectivity index (χ0) is 17.1. The summed E-state index contributed by atoms with van der Waals surface area (Å²) in [7, 11) is 0. The number of piperazine rings is 1. The summed E-state index contributed by atoms with van der Waals surface area (Å²) in [4.78, 5) is 20.1. The van der Waals surface area contributed by atoms with Crippen molar-refractivity contribution in [2.45, 2.75) is 38.3 Å². The SMILES string of the molecule is O=C(Nc1cccc(CN2CCCCC2)c1)[C@@H]1CN2CCCN1CC2. The zero-order valence-corrected chi connectivity index (χ0v) is 15.1. The Labute approximate surface area is 151 Å². The quantitative estimate of drug-likeness (QED) is 0.908. The summed E-state index contributed by atoms with van der Waals surface area (Å²) in [6, 6.07) is 8.41. The first-order valence-corrected chi connectivity index (χ1v) is 9.86. The van der Waals surface area contributed by atoms with E-state index in [1.807, 2.05) is 6.07 Å². The Balaban J connectivity index is 1.38. The lowest BCUT2D eigenvalue weighted by atomic mass is 10.1. The summed E-state index contributed by atoms with van der Waals surface area (Å²) < 4.78 is 0. The molecule has 0 radical (unpaired) electrons. The van der Waals surface area contributed by atoms with Gasteiger partial charge in [0.1, 0.15) is 6.04 Å². The molecule has 4 aliphatic rings. The number of nitrogens with one attached hydrogen (secondary N) is 1. The van der Waals surface area contributed by atoms with Crippen molar-refractivity contribution < 1.29 is 4.79 Å². The Bertz CT molecular complexity index is 595. The van der Waals surface area contributed by atoms with Gasteiger partial charge in [-0.25, -0.2) is 0 Å². The van der Waals surface area contributed by atoms with Gasteiger partial charge < -0.3 is 5.32 Å². The lowest BCUT2D eigenvalue weighted by Gasteiger charge is -2.36. The molecule has 1 amide bonds. The molecule has 5 nitrogen and oxygen atoms in total. The topological polar surface area (TPSA) is 38.8 Å². The summed E-state index contributed by atoms with van der Waals surface area (Å²) in [5, 5.41) is 3.18. The van der Waals surface area contributed by atoms with E-state index < -0.39 is 0 Å². The normalized spacial score (nSPS) is 30.0. The predicted molar refractivity (Wildman–Crippen MR) is 101 cm³/mol. The summed E-state index contributed by atoms with van der Waals surface area (Å²) in [5.74, 6) is 0.154. The molecule has 1 N–H and O–H groups in total. The molecule has 0 aromatic heterocycles. The molecule has 5 rings (SSSR count). The lowest BCUT2D eigenvalue weighted by molar-refractivity contribution is -0.122. The van der Waals surface area contributed by atoms with Crippen molar-refractivity contribution in [3.63, 3.8) is 0 Å². The molecule has 5 heteroatoms. The van der Waals surface area contributed by atoms with E-state index in [2.05, 4.69) is 38.2 Å². The third-order valence-electron chi connectivity index (χ3n) is 5.85. The molecule has 4 heterocycles. The monoisotopic (exact) mass is 342 g/mol. The number of likely N-dealkylation sites (tertiary alicyclic amines) is 1. The molecular formula is C20H30N4O. The van der Waals surface area contributed by atoms with Gasteiger partial charge in [0.25, 0.3) is 0 Å². The highest BCUT2D eigenvalue weighted by atomic mass is 16.2. The fraction of sp³-hybridized carbons (Fsp3) is 0.650.